The predicted molar refractivity (Wildman–Crippen MR) is 143 cm³/mol. The second-order valence-corrected chi connectivity index (χ2v) is 8.85. The fourth-order valence-corrected chi connectivity index (χ4v) is 4.09. The van der Waals surface area contributed by atoms with Gasteiger partial charge in [0.1, 0.15) is 11.5 Å². The standard InChI is InChI=1S/C30H28N2O7/c1-19-25(31-29(39-19)22-10-6-3-7-11-22)16-17-38-23-14-12-20(13-15-26(33)34)24(18-23)28(35)32-27(30(36)37)21-8-4-2-5-9-21/h2-12,14,18,27H,13,15-17H2,1H3,(H,32,35)(H,33,34)(H,36,37). The lowest BCUT2D eigenvalue weighted by molar-refractivity contribution is -0.139. The molecule has 39 heavy (non-hydrogen) atoms. The average molecular weight is 529 g/mol. The third-order valence-corrected chi connectivity index (χ3v) is 6.11. The van der Waals surface area contributed by atoms with E-state index in [0.717, 1.165) is 11.3 Å². The number of carboxylic acids is 2. The lowest BCUT2D eigenvalue weighted by atomic mass is 10.0. The lowest BCUT2D eigenvalue weighted by Crippen LogP contribution is -2.34. The van der Waals surface area contributed by atoms with E-state index in [4.69, 9.17) is 14.3 Å². The first kappa shape index (κ1) is 27.1. The van der Waals surface area contributed by atoms with Gasteiger partial charge in [-0.15, -0.1) is 0 Å². The van der Waals surface area contributed by atoms with Crippen LogP contribution in [-0.4, -0.2) is 39.6 Å². The molecule has 1 unspecified atom stereocenters. The highest BCUT2D eigenvalue weighted by Crippen LogP contribution is 2.24. The summed E-state index contributed by atoms with van der Waals surface area (Å²) in [4.78, 5) is 40.8. The van der Waals surface area contributed by atoms with Crippen LogP contribution in [0.5, 0.6) is 5.75 Å². The number of hydrogen-bond acceptors (Lipinski definition) is 6. The van der Waals surface area contributed by atoms with Crippen LogP contribution in [0.15, 0.2) is 83.3 Å². The van der Waals surface area contributed by atoms with Gasteiger partial charge < -0.3 is 24.7 Å². The number of carbonyl (C=O) groups is 3. The Kier molecular flexibility index (Phi) is 8.73. The number of amides is 1. The van der Waals surface area contributed by atoms with Crippen molar-refractivity contribution in [3.8, 4) is 17.2 Å². The van der Waals surface area contributed by atoms with E-state index in [1.807, 2.05) is 37.3 Å². The third kappa shape index (κ3) is 7.10. The number of aliphatic carboxylic acids is 2. The molecule has 200 valence electrons. The summed E-state index contributed by atoms with van der Waals surface area (Å²) >= 11 is 0. The molecule has 1 heterocycles. The number of oxazole rings is 1. The van der Waals surface area contributed by atoms with Crippen LogP contribution < -0.4 is 10.1 Å². The Morgan fingerprint density at radius 2 is 1.64 bits per heavy atom. The molecule has 0 radical (unpaired) electrons. The number of nitrogens with one attached hydrogen (secondary N) is 1. The maximum atomic E-state index is 13.2. The third-order valence-electron chi connectivity index (χ3n) is 6.11. The highest BCUT2D eigenvalue weighted by Gasteiger charge is 2.24. The first-order chi connectivity index (χ1) is 18.8. The van der Waals surface area contributed by atoms with Crippen molar-refractivity contribution in [2.75, 3.05) is 6.61 Å². The van der Waals surface area contributed by atoms with Crippen molar-refractivity contribution in [1.82, 2.24) is 10.3 Å². The molecule has 1 amide bonds. The summed E-state index contributed by atoms with van der Waals surface area (Å²) in [5.74, 6) is -1.27. The molecule has 1 aromatic heterocycles. The number of ether oxygens (including phenoxy) is 1. The summed E-state index contributed by atoms with van der Waals surface area (Å²) < 4.78 is 11.7. The number of benzene rings is 3. The van der Waals surface area contributed by atoms with E-state index >= 15 is 0 Å². The minimum absolute atomic E-state index is 0.0990. The van der Waals surface area contributed by atoms with Gasteiger partial charge in [0.2, 0.25) is 5.89 Å². The van der Waals surface area contributed by atoms with E-state index in [9.17, 15) is 19.5 Å². The Morgan fingerprint density at radius 3 is 2.31 bits per heavy atom. The zero-order chi connectivity index (χ0) is 27.8. The van der Waals surface area contributed by atoms with Crippen LogP contribution in [0.25, 0.3) is 11.5 Å². The van der Waals surface area contributed by atoms with Crippen LogP contribution in [0.3, 0.4) is 0 Å². The fourth-order valence-electron chi connectivity index (χ4n) is 4.09. The number of aryl methyl sites for hydroxylation is 2. The summed E-state index contributed by atoms with van der Waals surface area (Å²) in [5.41, 5.74) is 2.66. The molecule has 3 aromatic carbocycles. The van der Waals surface area contributed by atoms with Crippen LogP contribution in [0, 0.1) is 6.92 Å². The van der Waals surface area contributed by atoms with Gasteiger partial charge in [-0.05, 0) is 48.7 Å². The van der Waals surface area contributed by atoms with Gasteiger partial charge in [0.25, 0.3) is 5.91 Å². The highest BCUT2D eigenvalue weighted by atomic mass is 16.5. The molecule has 4 rings (SSSR count). The van der Waals surface area contributed by atoms with Crippen molar-refractivity contribution in [3.63, 3.8) is 0 Å². The molecular formula is C30H28N2O7. The maximum absolute atomic E-state index is 13.2. The normalized spacial score (nSPS) is 11.5. The van der Waals surface area contributed by atoms with Crippen LogP contribution >= 0.6 is 0 Å². The quantitative estimate of drug-likeness (QED) is 0.237. The first-order valence-electron chi connectivity index (χ1n) is 12.4. The van der Waals surface area contributed by atoms with Crippen molar-refractivity contribution in [2.45, 2.75) is 32.2 Å². The molecular weight excluding hydrogens is 500 g/mol. The molecule has 0 spiro atoms. The molecule has 3 N–H and O–H groups in total. The minimum Gasteiger partial charge on any atom is -0.493 e. The minimum atomic E-state index is -1.27. The number of nitrogens with zero attached hydrogens (tertiary/aromatic N) is 1. The van der Waals surface area contributed by atoms with Gasteiger partial charge in [0.05, 0.1) is 12.3 Å². The van der Waals surface area contributed by atoms with Gasteiger partial charge in [-0.25, -0.2) is 9.78 Å². The lowest BCUT2D eigenvalue weighted by Gasteiger charge is -2.17. The van der Waals surface area contributed by atoms with Crippen molar-refractivity contribution >= 4 is 17.8 Å². The van der Waals surface area contributed by atoms with Gasteiger partial charge in [-0.3, -0.25) is 9.59 Å². The van der Waals surface area contributed by atoms with Gasteiger partial charge in [-0.1, -0.05) is 54.6 Å². The maximum Gasteiger partial charge on any atom is 0.330 e. The first-order valence-corrected chi connectivity index (χ1v) is 12.4. The van der Waals surface area contributed by atoms with Gasteiger partial charge >= 0.3 is 11.9 Å². The van der Waals surface area contributed by atoms with Crippen molar-refractivity contribution in [3.05, 3.63) is 107 Å². The summed E-state index contributed by atoms with van der Waals surface area (Å²) in [6.07, 6.45) is 0.373. The molecule has 9 heteroatoms. The van der Waals surface area contributed by atoms with E-state index in [-0.39, 0.29) is 25.0 Å². The highest BCUT2D eigenvalue weighted by molar-refractivity contribution is 5.98. The predicted octanol–water partition coefficient (Wildman–Crippen LogP) is 4.84. The Morgan fingerprint density at radius 1 is 0.949 bits per heavy atom. The van der Waals surface area contributed by atoms with E-state index in [1.165, 1.54) is 6.07 Å². The summed E-state index contributed by atoms with van der Waals surface area (Å²) in [7, 11) is 0. The van der Waals surface area contributed by atoms with Gasteiger partial charge in [0.15, 0.2) is 6.04 Å². The van der Waals surface area contributed by atoms with Crippen LogP contribution in [0.2, 0.25) is 0 Å². The molecule has 0 saturated carbocycles. The summed E-state index contributed by atoms with van der Waals surface area (Å²) in [6, 6.07) is 21.4. The Bertz CT molecular complexity index is 1450. The average Bonchev–Trinajstić information content (AvgIpc) is 3.31. The van der Waals surface area contributed by atoms with Crippen LogP contribution in [-0.2, 0) is 22.4 Å². The van der Waals surface area contributed by atoms with E-state index < -0.39 is 23.9 Å². The molecule has 4 aromatic rings. The number of aromatic nitrogens is 1. The van der Waals surface area contributed by atoms with E-state index in [2.05, 4.69) is 10.3 Å². The zero-order valence-electron chi connectivity index (χ0n) is 21.3. The van der Waals surface area contributed by atoms with Gasteiger partial charge in [0, 0.05) is 24.0 Å². The second-order valence-electron chi connectivity index (χ2n) is 8.85. The second kappa shape index (κ2) is 12.6. The molecule has 0 aliphatic carbocycles. The smallest absolute Gasteiger partial charge is 0.330 e. The fraction of sp³-hybridized carbons (Fsp3) is 0.200. The molecule has 0 saturated heterocycles. The molecule has 0 aliphatic rings. The number of hydrogen-bond donors (Lipinski definition) is 3. The molecule has 9 nitrogen and oxygen atoms in total. The van der Waals surface area contributed by atoms with Crippen molar-refractivity contribution < 1.29 is 33.8 Å². The zero-order valence-corrected chi connectivity index (χ0v) is 21.3. The largest absolute Gasteiger partial charge is 0.493 e. The number of carbonyl (C=O) groups excluding carboxylic acids is 1. The van der Waals surface area contributed by atoms with Crippen molar-refractivity contribution in [2.24, 2.45) is 0 Å². The van der Waals surface area contributed by atoms with E-state index in [1.54, 1.807) is 42.5 Å². The summed E-state index contributed by atoms with van der Waals surface area (Å²) in [6.45, 7) is 2.08. The SMILES string of the molecule is Cc1oc(-c2ccccc2)nc1CCOc1ccc(CCC(=O)O)c(C(=O)NC(C(=O)O)c2ccccc2)c1. The Balaban J connectivity index is 1.49. The molecule has 0 fully saturated rings. The Labute approximate surface area is 225 Å². The number of rotatable bonds is 12. The molecule has 1 atom stereocenters. The Hall–Kier alpha value is -4.92. The van der Waals surface area contributed by atoms with Crippen LogP contribution in [0.4, 0.5) is 0 Å². The number of carboxylic acid groups (broad SMARTS) is 2. The topological polar surface area (TPSA) is 139 Å². The van der Waals surface area contributed by atoms with Gasteiger partial charge in [-0.2, -0.15) is 0 Å². The van der Waals surface area contributed by atoms with E-state index in [0.29, 0.717) is 34.9 Å². The van der Waals surface area contributed by atoms with Crippen LogP contribution in [0.1, 0.15) is 45.4 Å². The summed E-state index contributed by atoms with van der Waals surface area (Å²) in [5, 5.41) is 21.4. The monoisotopic (exact) mass is 528 g/mol. The molecule has 0 bridgehead atoms. The molecule has 0 aliphatic heterocycles. The van der Waals surface area contributed by atoms with Crippen molar-refractivity contribution in [1.29, 1.82) is 0 Å².